The van der Waals surface area contributed by atoms with E-state index in [0.717, 1.165) is 16.6 Å². The molecule has 0 aliphatic heterocycles. The summed E-state index contributed by atoms with van der Waals surface area (Å²) in [6, 6.07) is 8.09. The molecule has 0 N–H and O–H groups in total. The van der Waals surface area contributed by atoms with Crippen LogP contribution in [0.3, 0.4) is 0 Å². The van der Waals surface area contributed by atoms with Crippen LogP contribution in [0.15, 0.2) is 45.5 Å². The van der Waals surface area contributed by atoms with E-state index in [-0.39, 0.29) is 11.7 Å². The van der Waals surface area contributed by atoms with Crippen molar-refractivity contribution in [3.8, 4) is 11.5 Å². The van der Waals surface area contributed by atoms with Gasteiger partial charge in [-0.15, -0.1) is 10.2 Å². The summed E-state index contributed by atoms with van der Waals surface area (Å²) in [4.78, 5) is 4.26. The Kier molecular flexibility index (Phi) is 3.76. The number of pyridine rings is 1. The van der Waals surface area contributed by atoms with E-state index in [0.29, 0.717) is 29.5 Å². The highest BCUT2D eigenvalue weighted by atomic mass is 19.1. The standard InChI is InChI=1S/C18H15FN4O2/c1-10(2)16-14-8-12(9-20-18(14)25-23-16)17-22-21-15(24-17)7-11-3-5-13(19)6-4-11/h3-6,8-10H,7H2,1-2H3. The fourth-order valence-electron chi connectivity index (χ4n) is 2.60. The van der Waals surface area contributed by atoms with Crippen molar-refractivity contribution in [3.05, 3.63) is 59.5 Å². The molecule has 0 fully saturated rings. The van der Waals surface area contributed by atoms with Crippen LogP contribution in [0, 0.1) is 5.82 Å². The van der Waals surface area contributed by atoms with Crippen molar-refractivity contribution in [3.63, 3.8) is 0 Å². The summed E-state index contributed by atoms with van der Waals surface area (Å²) < 4.78 is 23.9. The zero-order chi connectivity index (χ0) is 17.4. The fraction of sp³-hybridized carbons (Fsp3) is 0.222. The molecule has 1 aromatic carbocycles. The Morgan fingerprint density at radius 1 is 1.12 bits per heavy atom. The number of halogens is 1. The Hall–Kier alpha value is -3.09. The molecule has 6 nitrogen and oxygen atoms in total. The monoisotopic (exact) mass is 338 g/mol. The molecule has 0 aliphatic rings. The lowest BCUT2D eigenvalue weighted by Crippen LogP contribution is -1.88. The van der Waals surface area contributed by atoms with Crippen molar-refractivity contribution in [2.45, 2.75) is 26.2 Å². The predicted octanol–water partition coefficient (Wildman–Crippen LogP) is 4.13. The molecule has 0 aliphatic carbocycles. The van der Waals surface area contributed by atoms with E-state index in [2.05, 4.69) is 20.3 Å². The molecule has 0 radical (unpaired) electrons. The molecule has 4 aromatic rings. The van der Waals surface area contributed by atoms with Crippen molar-refractivity contribution in [2.75, 3.05) is 0 Å². The van der Waals surface area contributed by atoms with Crippen LogP contribution in [0.4, 0.5) is 4.39 Å². The van der Waals surface area contributed by atoms with E-state index in [1.165, 1.54) is 12.1 Å². The van der Waals surface area contributed by atoms with Gasteiger partial charge < -0.3 is 8.94 Å². The second-order valence-electron chi connectivity index (χ2n) is 6.10. The summed E-state index contributed by atoms with van der Waals surface area (Å²) in [6.07, 6.45) is 2.06. The highest BCUT2D eigenvalue weighted by Gasteiger charge is 2.16. The van der Waals surface area contributed by atoms with Gasteiger partial charge in [0, 0.05) is 6.20 Å². The first-order valence-corrected chi connectivity index (χ1v) is 7.92. The van der Waals surface area contributed by atoms with Crippen molar-refractivity contribution in [1.82, 2.24) is 20.3 Å². The Morgan fingerprint density at radius 2 is 1.92 bits per heavy atom. The number of hydrogen-bond donors (Lipinski definition) is 0. The van der Waals surface area contributed by atoms with Gasteiger partial charge in [-0.25, -0.2) is 9.37 Å². The van der Waals surface area contributed by atoms with Crippen molar-refractivity contribution in [1.29, 1.82) is 0 Å². The quantitative estimate of drug-likeness (QED) is 0.557. The predicted molar refractivity (Wildman–Crippen MR) is 88.4 cm³/mol. The first kappa shape index (κ1) is 15.4. The van der Waals surface area contributed by atoms with Crippen LogP contribution in [0.25, 0.3) is 22.6 Å². The molecular formula is C18H15FN4O2. The topological polar surface area (TPSA) is 77.8 Å². The van der Waals surface area contributed by atoms with Crippen LogP contribution in [-0.4, -0.2) is 20.3 Å². The van der Waals surface area contributed by atoms with Gasteiger partial charge in [-0.05, 0) is 29.7 Å². The van der Waals surface area contributed by atoms with E-state index in [1.807, 2.05) is 19.9 Å². The van der Waals surface area contributed by atoms with Crippen molar-refractivity contribution in [2.24, 2.45) is 0 Å². The molecule has 126 valence electrons. The average molecular weight is 338 g/mol. The molecule has 0 saturated carbocycles. The third-order valence-electron chi connectivity index (χ3n) is 3.89. The van der Waals surface area contributed by atoms with Crippen LogP contribution in [0.2, 0.25) is 0 Å². The SMILES string of the molecule is CC(C)c1noc2ncc(-c3nnc(Cc4ccc(F)cc4)o3)cc12. The van der Waals surface area contributed by atoms with Gasteiger partial charge in [0.2, 0.25) is 11.8 Å². The van der Waals surface area contributed by atoms with E-state index in [9.17, 15) is 4.39 Å². The molecule has 3 heterocycles. The summed E-state index contributed by atoms with van der Waals surface area (Å²) in [5.74, 6) is 0.776. The van der Waals surface area contributed by atoms with Gasteiger partial charge >= 0.3 is 0 Å². The zero-order valence-corrected chi connectivity index (χ0v) is 13.7. The van der Waals surface area contributed by atoms with E-state index in [4.69, 9.17) is 8.94 Å². The van der Waals surface area contributed by atoms with Crippen LogP contribution < -0.4 is 0 Å². The van der Waals surface area contributed by atoms with E-state index < -0.39 is 0 Å². The minimum atomic E-state index is -0.274. The van der Waals surface area contributed by atoms with Crippen LogP contribution in [-0.2, 0) is 6.42 Å². The Bertz CT molecular complexity index is 1020. The second kappa shape index (κ2) is 6.08. The first-order chi connectivity index (χ1) is 12.1. The summed E-state index contributed by atoms with van der Waals surface area (Å²) in [5.41, 5.74) is 2.93. The summed E-state index contributed by atoms with van der Waals surface area (Å²) in [5, 5.41) is 13.0. The largest absolute Gasteiger partial charge is 0.420 e. The molecule has 0 atom stereocenters. The number of benzene rings is 1. The zero-order valence-electron chi connectivity index (χ0n) is 13.7. The summed E-state index contributed by atoms with van der Waals surface area (Å²) in [7, 11) is 0. The van der Waals surface area contributed by atoms with Gasteiger partial charge in [0.05, 0.1) is 23.1 Å². The van der Waals surface area contributed by atoms with Gasteiger partial charge in [-0.1, -0.05) is 31.1 Å². The fourth-order valence-corrected chi connectivity index (χ4v) is 2.60. The molecule has 4 rings (SSSR count). The Morgan fingerprint density at radius 3 is 2.68 bits per heavy atom. The van der Waals surface area contributed by atoms with Gasteiger partial charge in [-0.2, -0.15) is 0 Å². The lowest BCUT2D eigenvalue weighted by atomic mass is 10.1. The number of fused-ring (bicyclic) bond motifs is 1. The third-order valence-corrected chi connectivity index (χ3v) is 3.89. The summed E-state index contributed by atoms with van der Waals surface area (Å²) in [6.45, 7) is 4.08. The Labute approximate surface area is 142 Å². The molecule has 25 heavy (non-hydrogen) atoms. The normalized spacial score (nSPS) is 11.5. The van der Waals surface area contributed by atoms with Crippen molar-refractivity contribution < 1.29 is 13.3 Å². The molecular weight excluding hydrogens is 323 g/mol. The molecule has 0 unspecified atom stereocenters. The highest BCUT2D eigenvalue weighted by Crippen LogP contribution is 2.27. The molecule has 0 amide bonds. The number of nitrogens with zero attached hydrogens (tertiary/aromatic N) is 4. The third kappa shape index (κ3) is 3.00. The Balaban J connectivity index is 1.64. The minimum Gasteiger partial charge on any atom is -0.420 e. The lowest BCUT2D eigenvalue weighted by Gasteiger charge is -1.99. The van der Waals surface area contributed by atoms with Crippen LogP contribution in [0.5, 0.6) is 0 Å². The lowest BCUT2D eigenvalue weighted by molar-refractivity contribution is 0.434. The van der Waals surface area contributed by atoms with Gasteiger partial charge in [0.1, 0.15) is 5.82 Å². The number of aromatic nitrogens is 4. The van der Waals surface area contributed by atoms with Gasteiger partial charge in [0.15, 0.2) is 0 Å². The van der Waals surface area contributed by atoms with Crippen LogP contribution in [0.1, 0.15) is 36.9 Å². The molecule has 0 spiro atoms. The number of hydrogen-bond acceptors (Lipinski definition) is 6. The molecule has 0 saturated heterocycles. The maximum Gasteiger partial charge on any atom is 0.257 e. The van der Waals surface area contributed by atoms with Gasteiger partial charge in [0.25, 0.3) is 5.71 Å². The number of rotatable bonds is 4. The smallest absolute Gasteiger partial charge is 0.257 e. The molecule has 3 aromatic heterocycles. The van der Waals surface area contributed by atoms with E-state index in [1.54, 1.807) is 18.3 Å². The second-order valence-corrected chi connectivity index (χ2v) is 6.10. The summed E-state index contributed by atoms with van der Waals surface area (Å²) >= 11 is 0. The van der Waals surface area contributed by atoms with Crippen molar-refractivity contribution >= 4 is 11.1 Å². The maximum absolute atomic E-state index is 13.0. The molecule has 0 bridgehead atoms. The van der Waals surface area contributed by atoms with Gasteiger partial charge in [-0.3, -0.25) is 0 Å². The minimum absolute atomic E-state index is 0.218. The van der Waals surface area contributed by atoms with Crippen LogP contribution >= 0.6 is 0 Å². The average Bonchev–Trinajstić information content (AvgIpc) is 3.23. The first-order valence-electron chi connectivity index (χ1n) is 7.92. The van der Waals surface area contributed by atoms with E-state index >= 15 is 0 Å². The maximum atomic E-state index is 13.0. The molecule has 7 heteroatoms. The highest BCUT2D eigenvalue weighted by molar-refractivity contribution is 5.80.